The van der Waals surface area contributed by atoms with Gasteiger partial charge in [0.05, 0.1) is 4.47 Å². The number of nitrogens with zero attached hydrogens (tertiary/aromatic N) is 1. The second kappa shape index (κ2) is 3.96. The van der Waals surface area contributed by atoms with E-state index in [1.807, 2.05) is 42.6 Å². The molecule has 3 nitrogen and oxygen atoms in total. The Kier molecular flexibility index (Phi) is 2.26. The monoisotopic (exact) mass is 312 g/mol. The fourth-order valence-electron chi connectivity index (χ4n) is 2.23. The van der Waals surface area contributed by atoms with Gasteiger partial charge in [0.15, 0.2) is 5.58 Å². The lowest BCUT2D eigenvalue weighted by Gasteiger charge is -1.95. The Balaban J connectivity index is 1.95. The van der Waals surface area contributed by atoms with E-state index in [-0.39, 0.29) is 0 Å². The zero-order valence-electron chi connectivity index (χ0n) is 9.85. The molecule has 0 radical (unpaired) electrons. The second-order valence-corrected chi connectivity index (χ2v) is 5.24. The second-order valence-electron chi connectivity index (χ2n) is 4.39. The summed E-state index contributed by atoms with van der Waals surface area (Å²) >= 11 is 3.48. The minimum atomic E-state index is 0.644. The summed E-state index contributed by atoms with van der Waals surface area (Å²) in [5.41, 5.74) is 3.74. The van der Waals surface area contributed by atoms with Gasteiger partial charge in [-0.05, 0) is 52.3 Å². The molecule has 2 aromatic carbocycles. The first-order valence-electron chi connectivity index (χ1n) is 5.94. The minimum Gasteiger partial charge on any atom is -0.435 e. The van der Waals surface area contributed by atoms with Gasteiger partial charge in [0.2, 0.25) is 5.89 Å². The highest BCUT2D eigenvalue weighted by Gasteiger charge is 2.10. The van der Waals surface area contributed by atoms with E-state index in [1.54, 1.807) is 0 Å². The number of aromatic nitrogens is 2. The molecule has 1 N–H and O–H groups in total. The molecular weight excluding hydrogens is 304 g/mol. The molecule has 0 saturated heterocycles. The van der Waals surface area contributed by atoms with Crippen LogP contribution < -0.4 is 0 Å². The average molecular weight is 313 g/mol. The summed E-state index contributed by atoms with van der Waals surface area (Å²) in [6, 6.07) is 14.0. The van der Waals surface area contributed by atoms with E-state index in [1.165, 1.54) is 0 Å². The Bertz CT molecular complexity index is 891. The van der Waals surface area contributed by atoms with Crippen LogP contribution in [0.15, 0.2) is 57.6 Å². The van der Waals surface area contributed by atoms with Gasteiger partial charge in [-0.2, -0.15) is 0 Å². The van der Waals surface area contributed by atoms with Crippen LogP contribution in [-0.4, -0.2) is 9.97 Å². The molecule has 0 aliphatic carbocycles. The molecule has 0 aliphatic rings. The van der Waals surface area contributed by atoms with E-state index in [0.717, 1.165) is 32.0 Å². The van der Waals surface area contributed by atoms with Gasteiger partial charge >= 0.3 is 0 Å². The van der Waals surface area contributed by atoms with Crippen molar-refractivity contribution in [2.45, 2.75) is 0 Å². The van der Waals surface area contributed by atoms with Crippen LogP contribution in [0.1, 0.15) is 0 Å². The summed E-state index contributed by atoms with van der Waals surface area (Å²) in [7, 11) is 0. The first-order valence-corrected chi connectivity index (χ1v) is 6.73. The maximum absolute atomic E-state index is 5.84. The molecular formula is C15H9BrN2O. The van der Waals surface area contributed by atoms with Gasteiger partial charge in [0.1, 0.15) is 5.52 Å². The molecule has 2 aromatic heterocycles. The minimum absolute atomic E-state index is 0.644. The Morgan fingerprint density at radius 1 is 1.11 bits per heavy atom. The zero-order valence-corrected chi connectivity index (χ0v) is 11.4. The number of benzene rings is 2. The summed E-state index contributed by atoms with van der Waals surface area (Å²) in [5, 5.41) is 1.15. The first kappa shape index (κ1) is 10.8. The molecule has 2 heterocycles. The van der Waals surface area contributed by atoms with E-state index < -0.39 is 0 Å². The molecule has 0 bridgehead atoms. The Morgan fingerprint density at radius 3 is 2.95 bits per heavy atom. The normalized spacial score (nSPS) is 11.4. The predicted molar refractivity (Wildman–Crippen MR) is 79.0 cm³/mol. The third kappa shape index (κ3) is 1.68. The molecule has 0 amide bonds. The summed E-state index contributed by atoms with van der Waals surface area (Å²) in [4.78, 5) is 7.70. The molecule has 0 unspecified atom stereocenters. The molecule has 4 rings (SSSR count). The van der Waals surface area contributed by atoms with Crippen LogP contribution in [0.25, 0.3) is 33.5 Å². The van der Waals surface area contributed by atoms with Crippen molar-refractivity contribution >= 4 is 37.9 Å². The third-order valence-corrected chi connectivity index (χ3v) is 3.79. The standard InChI is InChI=1S/C15H9BrN2O/c16-11-2-1-3-13-14(11)19-15(18-13)10-4-5-12-9(8-10)6-7-17-12/h1-8,17H. The van der Waals surface area contributed by atoms with Gasteiger partial charge in [-0.15, -0.1) is 0 Å². The molecule has 19 heavy (non-hydrogen) atoms. The molecule has 0 atom stereocenters. The van der Waals surface area contributed by atoms with Gasteiger partial charge in [0, 0.05) is 22.7 Å². The highest BCUT2D eigenvalue weighted by atomic mass is 79.9. The number of hydrogen-bond donors (Lipinski definition) is 1. The van der Waals surface area contributed by atoms with E-state index >= 15 is 0 Å². The molecule has 4 heteroatoms. The zero-order chi connectivity index (χ0) is 12.8. The number of nitrogens with one attached hydrogen (secondary N) is 1. The van der Waals surface area contributed by atoms with Crippen molar-refractivity contribution in [3.63, 3.8) is 0 Å². The van der Waals surface area contributed by atoms with Crippen molar-refractivity contribution in [1.29, 1.82) is 0 Å². The Labute approximate surface area is 117 Å². The van der Waals surface area contributed by atoms with Gasteiger partial charge in [-0.3, -0.25) is 0 Å². The Morgan fingerprint density at radius 2 is 2.05 bits per heavy atom. The summed E-state index contributed by atoms with van der Waals surface area (Å²) in [6.07, 6.45) is 1.93. The van der Waals surface area contributed by atoms with E-state index in [4.69, 9.17) is 4.42 Å². The fraction of sp³-hybridized carbons (Fsp3) is 0. The summed E-state index contributed by atoms with van der Waals surface area (Å²) in [6.45, 7) is 0. The largest absolute Gasteiger partial charge is 0.435 e. The number of fused-ring (bicyclic) bond motifs is 2. The number of halogens is 1. The summed E-state index contributed by atoms with van der Waals surface area (Å²) in [5.74, 6) is 0.644. The third-order valence-electron chi connectivity index (χ3n) is 3.17. The SMILES string of the molecule is Brc1cccc2nc(-c3ccc4[nH]ccc4c3)oc12. The molecule has 0 fully saturated rings. The van der Waals surface area contributed by atoms with Crippen molar-refractivity contribution in [2.75, 3.05) is 0 Å². The molecule has 0 aliphatic heterocycles. The topological polar surface area (TPSA) is 41.8 Å². The highest BCUT2D eigenvalue weighted by molar-refractivity contribution is 9.10. The van der Waals surface area contributed by atoms with Gasteiger partial charge < -0.3 is 9.40 Å². The smallest absolute Gasteiger partial charge is 0.227 e. The lowest BCUT2D eigenvalue weighted by atomic mass is 10.1. The van der Waals surface area contributed by atoms with Crippen molar-refractivity contribution < 1.29 is 4.42 Å². The molecule has 0 saturated carbocycles. The van der Waals surface area contributed by atoms with Crippen molar-refractivity contribution in [1.82, 2.24) is 9.97 Å². The van der Waals surface area contributed by atoms with Crippen molar-refractivity contribution in [2.24, 2.45) is 0 Å². The predicted octanol–water partition coefficient (Wildman–Crippen LogP) is 4.74. The maximum Gasteiger partial charge on any atom is 0.227 e. The first-order chi connectivity index (χ1) is 9.31. The van der Waals surface area contributed by atoms with Crippen molar-refractivity contribution in [3.05, 3.63) is 53.1 Å². The molecule has 92 valence electrons. The van der Waals surface area contributed by atoms with E-state index in [9.17, 15) is 0 Å². The Hall–Kier alpha value is -2.07. The van der Waals surface area contributed by atoms with Crippen LogP contribution in [0.4, 0.5) is 0 Å². The highest BCUT2D eigenvalue weighted by Crippen LogP contribution is 2.30. The number of rotatable bonds is 1. The van der Waals surface area contributed by atoms with Crippen LogP contribution >= 0.6 is 15.9 Å². The van der Waals surface area contributed by atoms with Crippen LogP contribution in [-0.2, 0) is 0 Å². The van der Waals surface area contributed by atoms with Gasteiger partial charge in [0.25, 0.3) is 0 Å². The number of oxazole rings is 1. The van der Waals surface area contributed by atoms with Crippen LogP contribution in [0.5, 0.6) is 0 Å². The average Bonchev–Trinajstić information content (AvgIpc) is 3.04. The lowest BCUT2D eigenvalue weighted by molar-refractivity contribution is 0.618. The summed E-state index contributed by atoms with van der Waals surface area (Å²) < 4.78 is 6.76. The maximum atomic E-state index is 5.84. The number of H-pyrrole nitrogens is 1. The van der Waals surface area contributed by atoms with E-state index in [2.05, 4.69) is 32.0 Å². The van der Waals surface area contributed by atoms with Crippen molar-refractivity contribution in [3.8, 4) is 11.5 Å². The molecule has 0 spiro atoms. The fourth-order valence-corrected chi connectivity index (χ4v) is 2.66. The van der Waals surface area contributed by atoms with Gasteiger partial charge in [-0.25, -0.2) is 4.98 Å². The number of hydrogen-bond acceptors (Lipinski definition) is 2. The molecule has 4 aromatic rings. The number of para-hydroxylation sites is 1. The lowest BCUT2D eigenvalue weighted by Crippen LogP contribution is -1.76. The van der Waals surface area contributed by atoms with Gasteiger partial charge in [-0.1, -0.05) is 6.07 Å². The van der Waals surface area contributed by atoms with Crippen LogP contribution in [0.3, 0.4) is 0 Å². The quantitative estimate of drug-likeness (QED) is 0.551. The van der Waals surface area contributed by atoms with Crippen LogP contribution in [0.2, 0.25) is 0 Å². The van der Waals surface area contributed by atoms with E-state index in [0.29, 0.717) is 5.89 Å². The number of aromatic amines is 1. The van der Waals surface area contributed by atoms with Crippen LogP contribution in [0, 0.1) is 0 Å².